The van der Waals surface area contributed by atoms with Gasteiger partial charge in [-0.25, -0.2) is 0 Å². The van der Waals surface area contributed by atoms with Gasteiger partial charge in [-0.15, -0.1) is 0 Å². The Kier molecular flexibility index (Phi) is 5.40. The van der Waals surface area contributed by atoms with E-state index in [0.29, 0.717) is 12.1 Å². The number of nitrogens with one attached hydrogen (secondary N) is 1. The topological polar surface area (TPSA) is 21.3 Å². The second kappa shape index (κ2) is 7.28. The lowest BCUT2D eigenvalue weighted by Crippen LogP contribution is -2.30. The van der Waals surface area contributed by atoms with Gasteiger partial charge >= 0.3 is 0 Å². The van der Waals surface area contributed by atoms with E-state index in [4.69, 9.17) is 4.74 Å². The summed E-state index contributed by atoms with van der Waals surface area (Å²) in [6.45, 7) is 6.55. The summed E-state index contributed by atoms with van der Waals surface area (Å²) >= 11 is 0. The molecule has 1 unspecified atom stereocenters. The molecule has 0 saturated heterocycles. The van der Waals surface area contributed by atoms with Gasteiger partial charge in [0.1, 0.15) is 5.75 Å². The zero-order valence-corrected chi connectivity index (χ0v) is 13.4. The third kappa shape index (κ3) is 4.33. The van der Waals surface area contributed by atoms with Crippen LogP contribution in [0.1, 0.15) is 36.6 Å². The highest BCUT2D eigenvalue weighted by Crippen LogP contribution is 2.20. The van der Waals surface area contributed by atoms with Crippen molar-refractivity contribution in [1.82, 2.24) is 5.32 Å². The Bertz CT molecular complexity index is 562. The Morgan fingerprint density at radius 3 is 2.33 bits per heavy atom. The van der Waals surface area contributed by atoms with E-state index in [1.165, 1.54) is 16.7 Å². The van der Waals surface area contributed by atoms with Crippen LogP contribution in [0.25, 0.3) is 0 Å². The molecule has 0 radical (unpaired) electrons. The quantitative estimate of drug-likeness (QED) is 0.854. The third-order valence-electron chi connectivity index (χ3n) is 3.83. The molecule has 0 aliphatic carbocycles. The first-order valence-electron chi connectivity index (χ1n) is 7.54. The van der Waals surface area contributed by atoms with Crippen LogP contribution < -0.4 is 10.1 Å². The Labute approximate surface area is 128 Å². The predicted molar refractivity (Wildman–Crippen MR) is 88.9 cm³/mol. The molecule has 0 aliphatic heterocycles. The second-order valence-corrected chi connectivity index (χ2v) is 5.72. The minimum absolute atomic E-state index is 0.343. The van der Waals surface area contributed by atoms with E-state index in [0.717, 1.165) is 12.2 Å². The summed E-state index contributed by atoms with van der Waals surface area (Å²) in [6.07, 6.45) is 0.959. The summed E-state index contributed by atoms with van der Waals surface area (Å²) in [6, 6.07) is 17.7. The minimum atomic E-state index is 0.343. The van der Waals surface area contributed by atoms with Gasteiger partial charge < -0.3 is 10.1 Å². The Balaban J connectivity index is 1.97. The maximum atomic E-state index is 5.42. The molecule has 21 heavy (non-hydrogen) atoms. The van der Waals surface area contributed by atoms with Crippen molar-refractivity contribution < 1.29 is 4.74 Å². The van der Waals surface area contributed by atoms with Gasteiger partial charge in [0.05, 0.1) is 7.11 Å². The monoisotopic (exact) mass is 283 g/mol. The number of aryl methyl sites for hydroxylation is 1. The molecule has 0 heterocycles. The van der Waals surface area contributed by atoms with Crippen molar-refractivity contribution in [1.29, 1.82) is 0 Å². The first kappa shape index (κ1) is 15.6. The molecule has 0 spiro atoms. The maximum Gasteiger partial charge on any atom is 0.122 e. The number of benzene rings is 2. The SMILES string of the molecule is COc1ccccc1CC(C)N[C@H](C)c1ccc(C)cc1. The molecule has 0 aliphatic rings. The van der Waals surface area contributed by atoms with Crippen molar-refractivity contribution in [3.63, 3.8) is 0 Å². The molecule has 2 aromatic rings. The summed E-state index contributed by atoms with van der Waals surface area (Å²) in [7, 11) is 1.73. The Morgan fingerprint density at radius 2 is 1.67 bits per heavy atom. The fourth-order valence-corrected chi connectivity index (χ4v) is 2.64. The fourth-order valence-electron chi connectivity index (χ4n) is 2.64. The number of hydrogen-bond acceptors (Lipinski definition) is 2. The van der Waals surface area contributed by atoms with E-state index in [-0.39, 0.29) is 0 Å². The smallest absolute Gasteiger partial charge is 0.122 e. The van der Waals surface area contributed by atoms with Gasteiger partial charge in [-0.3, -0.25) is 0 Å². The van der Waals surface area contributed by atoms with E-state index >= 15 is 0 Å². The van der Waals surface area contributed by atoms with E-state index in [1.807, 2.05) is 12.1 Å². The number of ether oxygens (including phenoxy) is 1. The van der Waals surface area contributed by atoms with Crippen LogP contribution in [-0.4, -0.2) is 13.2 Å². The molecule has 112 valence electrons. The van der Waals surface area contributed by atoms with Crippen molar-refractivity contribution in [3.05, 3.63) is 65.2 Å². The molecule has 1 N–H and O–H groups in total. The second-order valence-electron chi connectivity index (χ2n) is 5.72. The molecule has 0 saturated carbocycles. The van der Waals surface area contributed by atoms with E-state index < -0.39 is 0 Å². The van der Waals surface area contributed by atoms with E-state index in [1.54, 1.807) is 7.11 Å². The van der Waals surface area contributed by atoms with Crippen molar-refractivity contribution in [2.24, 2.45) is 0 Å². The van der Waals surface area contributed by atoms with Gasteiger partial charge in [0, 0.05) is 12.1 Å². The van der Waals surface area contributed by atoms with Crippen LogP contribution in [0.4, 0.5) is 0 Å². The van der Waals surface area contributed by atoms with Crippen molar-refractivity contribution in [2.45, 2.75) is 39.3 Å². The molecular weight excluding hydrogens is 258 g/mol. The van der Waals surface area contributed by atoms with Gasteiger partial charge in [0.25, 0.3) is 0 Å². The highest BCUT2D eigenvalue weighted by molar-refractivity contribution is 5.34. The van der Waals surface area contributed by atoms with Crippen LogP contribution in [0.3, 0.4) is 0 Å². The molecule has 0 amide bonds. The van der Waals surface area contributed by atoms with Crippen LogP contribution in [0.2, 0.25) is 0 Å². The zero-order valence-electron chi connectivity index (χ0n) is 13.4. The molecule has 2 heteroatoms. The summed E-state index contributed by atoms with van der Waals surface area (Å²) in [5.74, 6) is 0.967. The summed E-state index contributed by atoms with van der Waals surface area (Å²) in [4.78, 5) is 0. The molecule has 2 aromatic carbocycles. The lowest BCUT2D eigenvalue weighted by atomic mass is 10.0. The summed E-state index contributed by atoms with van der Waals surface area (Å²) in [5.41, 5.74) is 3.87. The van der Waals surface area contributed by atoms with Crippen molar-refractivity contribution in [3.8, 4) is 5.75 Å². The lowest BCUT2D eigenvalue weighted by Gasteiger charge is -2.21. The van der Waals surface area contributed by atoms with Gasteiger partial charge in [0.2, 0.25) is 0 Å². The Morgan fingerprint density at radius 1 is 1.00 bits per heavy atom. The lowest BCUT2D eigenvalue weighted by molar-refractivity contribution is 0.403. The standard InChI is InChI=1S/C19H25NO/c1-14-9-11-17(12-10-14)16(3)20-15(2)13-18-7-5-6-8-19(18)21-4/h5-12,15-16,20H,13H2,1-4H3/t15?,16-/m1/s1. The molecule has 0 aromatic heterocycles. The van der Waals surface area contributed by atoms with Crippen molar-refractivity contribution in [2.75, 3.05) is 7.11 Å². The van der Waals surface area contributed by atoms with Gasteiger partial charge in [-0.05, 0) is 44.4 Å². The molecule has 0 fully saturated rings. The van der Waals surface area contributed by atoms with E-state index in [9.17, 15) is 0 Å². The highest BCUT2D eigenvalue weighted by atomic mass is 16.5. The highest BCUT2D eigenvalue weighted by Gasteiger charge is 2.12. The number of rotatable bonds is 6. The first-order chi connectivity index (χ1) is 10.1. The first-order valence-corrected chi connectivity index (χ1v) is 7.54. The Hall–Kier alpha value is -1.80. The van der Waals surface area contributed by atoms with Gasteiger partial charge in [-0.2, -0.15) is 0 Å². The maximum absolute atomic E-state index is 5.42. The van der Waals surface area contributed by atoms with Gasteiger partial charge in [0.15, 0.2) is 0 Å². The fraction of sp³-hybridized carbons (Fsp3) is 0.368. The summed E-state index contributed by atoms with van der Waals surface area (Å²) < 4.78 is 5.42. The van der Waals surface area contributed by atoms with E-state index in [2.05, 4.69) is 62.5 Å². The minimum Gasteiger partial charge on any atom is -0.496 e. The van der Waals surface area contributed by atoms with Gasteiger partial charge in [-0.1, -0.05) is 48.0 Å². The molecule has 2 rings (SSSR count). The molecular formula is C19H25NO. The number of para-hydroxylation sites is 1. The van der Waals surface area contributed by atoms with Crippen molar-refractivity contribution >= 4 is 0 Å². The van der Waals surface area contributed by atoms with Crippen LogP contribution in [0.5, 0.6) is 5.75 Å². The summed E-state index contributed by atoms with van der Waals surface area (Å²) in [5, 5.41) is 3.66. The molecule has 2 atom stereocenters. The van der Waals surface area contributed by atoms with Crippen LogP contribution in [0, 0.1) is 6.92 Å². The molecule has 2 nitrogen and oxygen atoms in total. The number of methoxy groups -OCH3 is 1. The molecule has 0 bridgehead atoms. The normalized spacial score (nSPS) is 13.7. The van der Waals surface area contributed by atoms with Crippen LogP contribution in [0.15, 0.2) is 48.5 Å². The average molecular weight is 283 g/mol. The predicted octanol–water partition coefficient (Wildman–Crippen LogP) is 4.29. The largest absolute Gasteiger partial charge is 0.496 e. The number of hydrogen-bond donors (Lipinski definition) is 1. The third-order valence-corrected chi connectivity index (χ3v) is 3.83. The van der Waals surface area contributed by atoms with Crippen LogP contribution >= 0.6 is 0 Å². The van der Waals surface area contributed by atoms with Crippen LogP contribution in [-0.2, 0) is 6.42 Å². The zero-order chi connectivity index (χ0) is 15.2. The average Bonchev–Trinajstić information content (AvgIpc) is 2.48.